The van der Waals surface area contributed by atoms with E-state index in [1.807, 2.05) is 60.7 Å². The Kier molecular flexibility index (Phi) is 4.87. The van der Waals surface area contributed by atoms with Crippen LogP contribution >= 0.6 is 0 Å². The van der Waals surface area contributed by atoms with Crippen LogP contribution in [0.2, 0.25) is 0 Å². The number of ketones is 1. The SMILES string of the molecule is O=C1C=C(O)C(NCc2ccccc2)=CC1=NCc1ccccc1. The highest BCUT2D eigenvalue weighted by Gasteiger charge is 2.17. The molecule has 2 aromatic carbocycles. The van der Waals surface area contributed by atoms with Crippen LogP contribution in [0.4, 0.5) is 0 Å². The Labute approximate surface area is 140 Å². The van der Waals surface area contributed by atoms with Gasteiger partial charge in [-0.3, -0.25) is 9.79 Å². The van der Waals surface area contributed by atoms with Gasteiger partial charge in [0.1, 0.15) is 11.5 Å². The van der Waals surface area contributed by atoms with Gasteiger partial charge in [0.25, 0.3) is 0 Å². The summed E-state index contributed by atoms with van der Waals surface area (Å²) in [6.45, 7) is 0.990. The van der Waals surface area contributed by atoms with Crippen LogP contribution in [0.25, 0.3) is 0 Å². The number of aliphatic hydroxyl groups is 1. The topological polar surface area (TPSA) is 61.7 Å². The number of hydrogen-bond acceptors (Lipinski definition) is 4. The first-order valence-electron chi connectivity index (χ1n) is 7.75. The first-order chi connectivity index (χ1) is 11.7. The number of benzene rings is 2. The summed E-state index contributed by atoms with van der Waals surface area (Å²) in [5, 5.41) is 13.1. The Balaban J connectivity index is 1.73. The van der Waals surface area contributed by atoms with E-state index >= 15 is 0 Å². The molecule has 2 N–H and O–H groups in total. The summed E-state index contributed by atoms with van der Waals surface area (Å²) in [6, 6.07) is 19.6. The fraction of sp³-hybridized carbons (Fsp3) is 0.100. The lowest BCUT2D eigenvalue weighted by Gasteiger charge is -2.14. The molecular weight excluding hydrogens is 300 g/mol. The highest BCUT2D eigenvalue weighted by molar-refractivity contribution is 6.49. The smallest absolute Gasteiger partial charge is 0.207 e. The molecule has 0 radical (unpaired) electrons. The van der Waals surface area contributed by atoms with Crippen molar-refractivity contribution >= 4 is 11.5 Å². The second-order valence-electron chi connectivity index (χ2n) is 5.48. The van der Waals surface area contributed by atoms with Crippen molar-refractivity contribution in [3.05, 3.63) is 95.4 Å². The fourth-order valence-electron chi connectivity index (χ4n) is 2.38. The molecule has 0 unspecified atom stereocenters. The summed E-state index contributed by atoms with van der Waals surface area (Å²) in [4.78, 5) is 16.4. The molecule has 4 heteroatoms. The quantitative estimate of drug-likeness (QED) is 0.831. The average Bonchev–Trinajstić information content (AvgIpc) is 2.62. The minimum atomic E-state index is -0.284. The lowest BCUT2D eigenvalue weighted by atomic mass is 10.1. The highest BCUT2D eigenvalue weighted by Crippen LogP contribution is 2.13. The number of rotatable bonds is 5. The molecule has 3 rings (SSSR count). The Hall–Kier alpha value is -3.14. The van der Waals surface area contributed by atoms with Gasteiger partial charge in [0, 0.05) is 12.6 Å². The Bertz CT molecular complexity index is 806. The maximum atomic E-state index is 12.0. The Morgan fingerprint density at radius 1 is 0.875 bits per heavy atom. The third-order valence-corrected chi connectivity index (χ3v) is 3.68. The fourth-order valence-corrected chi connectivity index (χ4v) is 2.38. The van der Waals surface area contributed by atoms with Crippen molar-refractivity contribution in [3.63, 3.8) is 0 Å². The van der Waals surface area contributed by atoms with Gasteiger partial charge in [0.15, 0.2) is 0 Å². The number of nitrogens with zero attached hydrogens (tertiary/aromatic N) is 1. The van der Waals surface area contributed by atoms with E-state index < -0.39 is 0 Å². The van der Waals surface area contributed by atoms with Gasteiger partial charge in [0.2, 0.25) is 5.78 Å². The molecule has 0 saturated carbocycles. The molecule has 0 spiro atoms. The molecule has 0 heterocycles. The van der Waals surface area contributed by atoms with Gasteiger partial charge in [-0.25, -0.2) is 0 Å². The van der Waals surface area contributed by atoms with Gasteiger partial charge in [-0.2, -0.15) is 0 Å². The summed E-state index contributed by atoms with van der Waals surface area (Å²) < 4.78 is 0. The van der Waals surface area contributed by atoms with Crippen LogP contribution in [0.5, 0.6) is 0 Å². The zero-order chi connectivity index (χ0) is 16.8. The number of aliphatic hydroxyl groups excluding tert-OH is 1. The summed E-state index contributed by atoms with van der Waals surface area (Å²) in [6.07, 6.45) is 2.81. The van der Waals surface area contributed by atoms with E-state index in [1.165, 1.54) is 6.08 Å². The number of carbonyl (C=O) groups is 1. The summed E-state index contributed by atoms with van der Waals surface area (Å²) in [7, 11) is 0. The van der Waals surface area contributed by atoms with Crippen LogP contribution in [0.1, 0.15) is 11.1 Å². The summed E-state index contributed by atoms with van der Waals surface area (Å²) >= 11 is 0. The van der Waals surface area contributed by atoms with E-state index in [-0.39, 0.29) is 11.5 Å². The van der Waals surface area contributed by atoms with Gasteiger partial charge in [0.05, 0.1) is 12.2 Å². The lowest BCUT2D eigenvalue weighted by Crippen LogP contribution is -2.23. The van der Waals surface area contributed by atoms with E-state index in [2.05, 4.69) is 10.3 Å². The van der Waals surface area contributed by atoms with Gasteiger partial charge >= 0.3 is 0 Å². The molecule has 0 saturated heterocycles. The second kappa shape index (κ2) is 7.42. The molecule has 1 aliphatic carbocycles. The second-order valence-corrected chi connectivity index (χ2v) is 5.48. The third-order valence-electron chi connectivity index (χ3n) is 3.68. The maximum absolute atomic E-state index is 12.0. The van der Waals surface area contributed by atoms with Gasteiger partial charge in [-0.05, 0) is 17.2 Å². The van der Waals surface area contributed by atoms with Crippen LogP contribution in [0, 0.1) is 0 Å². The van der Waals surface area contributed by atoms with Crippen molar-refractivity contribution in [2.45, 2.75) is 13.1 Å². The molecule has 120 valence electrons. The van der Waals surface area contributed by atoms with Gasteiger partial charge in [-0.1, -0.05) is 60.7 Å². The number of aliphatic imine (C=N–C) groups is 1. The molecule has 4 nitrogen and oxygen atoms in total. The average molecular weight is 318 g/mol. The molecule has 0 atom stereocenters. The van der Waals surface area contributed by atoms with Crippen molar-refractivity contribution in [1.82, 2.24) is 5.32 Å². The van der Waals surface area contributed by atoms with Crippen LogP contribution in [0.15, 0.2) is 89.3 Å². The monoisotopic (exact) mass is 318 g/mol. The molecule has 0 aromatic heterocycles. The maximum Gasteiger partial charge on any atom is 0.207 e. The summed E-state index contributed by atoms with van der Waals surface area (Å²) in [5.74, 6) is -0.344. The number of allylic oxidation sites excluding steroid dienone is 2. The first-order valence-corrected chi connectivity index (χ1v) is 7.75. The van der Waals surface area contributed by atoms with Crippen LogP contribution in [-0.4, -0.2) is 16.6 Å². The zero-order valence-electron chi connectivity index (χ0n) is 13.1. The van der Waals surface area contributed by atoms with Crippen LogP contribution in [0.3, 0.4) is 0 Å². The molecule has 24 heavy (non-hydrogen) atoms. The number of carbonyl (C=O) groups excluding carboxylic acids is 1. The van der Waals surface area contributed by atoms with Crippen LogP contribution in [-0.2, 0) is 17.9 Å². The standard InChI is InChI=1S/C20H18N2O2/c23-19-12-20(24)18(22-14-16-9-5-2-6-10-16)11-17(19)21-13-15-7-3-1-4-8-15/h1-12,21,23H,13-14H2. The molecule has 0 amide bonds. The van der Waals surface area contributed by atoms with Crippen molar-refractivity contribution in [2.24, 2.45) is 4.99 Å². The van der Waals surface area contributed by atoms with Crippen LogP contribution < -0.4 is 5.32 Å². The molecule has 2 aromatic rings. The van der Waals surface area contributed by atoms with Gasteiger partial charge in [-0.15, -0.1) is 0 Å². The minimum absolute atomic E-state index is 0.0606. The largest absolute Gasteiger partial charge is 0.506 e. The van der Waals surface area contributed by atoms with E-state index in [1.54, 1.807) is 6.08 Å². The van der Waals surface area contributed by atoms with Crippen molar-refractivity contribution in [3.8, 4) is 0 Å². The summed E-state index contributed by atoms with van der Waals surface area (Å²) in [5.41, 5.74) is 2.96. The number of nitrogens with one attached hydrogen (secondary N) is 1. The van der Waals surface area contributed by atoms with Crippen molar-refractivity contribution in [2.75, 3.05) is 0 Å². The van der Waals surface area contributed by atoms with E-state index in [9.17, 15) is 9.90 Å². The molecular formula is C20H18N2O2. The Morgan fingerprint density at radius 2 is 1.50 bits per heavy atom. The predicted molar refractivity (Wildman–Crippen MR) is 94.7 cm³/mol. The third kappa shape index (κ3) is 3.98. The predicted octanol–water partition coefficient (Wildman–Crippen LogP) is 3.33. The van der Waals surface area contributed by atoms with E-state index in [4.69, 9.17) is 0 Å². The molecule has 0 aliphatic heterocycles. The van der Waals surface area contributed by atoms with Gasteiger partial charge < -0.3 is 10.4 Å². The van der Waals surface area contributed by atoms with Crippen molar-refractivity contribution in [1.29, 1.82) is 0 Å². The highest BCUT2D eigenvalue weighted by atomic mass is 16.3. The first kappa shape index (κ1) is 15.7. The molecule has 0 bridgehead atoms. The lowest BCUT2D eigenvalue weighted by molar-refractivity contribution is -0.109. The molecule has 0 fully saturated rings. The zero-order valence-corrected chi connectivity index (χ0v) is 13.1. The van der Waals surface area contributed by atoms with E-state index in [0.29, 0.717) is 24.5 Å². The normalized spacial score (nSPS) is 15.8. The van der Waals surface area contributed by atoms with Crippen molar-refractivity contribution < 1.29 is 9.90 Å². The minimum Gasteiger partial charge on any atom is -0.506 e. The number of hydrogen-bond donors (Lipinski definition) is 2. The molecule has 1 aliphatic rings. The Morgan fingerprint density at radius 3 is 2.17 bits per heavy atom. The van der Waals surface area contributed by atoms with E-state index in [0.717, 1.165) is 11.1 Å².